The number of rotatable bonds is 3. The fraction of sp³-hybridized carbons (Fsp3) is 0.917. The van der Waals surface area contributed by atoms with E-state index in [2.05, 4.69) is 0 Å². The standard InChI is InChI=1S/C12H18O6/c1-3-15-9(14)5-11(2)17-8-4-12(8)10(18-11)7(13)6-16-12/h7-8,10,13H,3-6H2,1-2H3/t7-,8?,10+,11+,12?/m0/s1. The van der Waals surface area contributed by atoms with Gasteiger partial charge < -0.3 is 24.1 Å². The van der Waals surface area contributed by atoms with Crippen molar-refractivity contribution in [3.63, 3.8) is 0 Å². The highest BCUT2D eigenvalue weighted by Gasteiger charge is 2.73. The van der Waals surface area contributed by atoms with Crippen molar-refractivity contribution in [3.8, 4) is 0 Å². The van der Waals surface area contributed by atoms with E-state index < -0.39 is 23.6 Å². The Morgan fingerprint density at radius 3 is 3.00 bits per heavy atom. The molecule has 0 bridgehead atoms. The van der Waals surface area contributed by atoms with Gasteiger partial charge >= 0.3 is 5.97 Å². The summed E-state index contributed by atoms with van der Waals surface area (Å²) >= 11 is 0. The number of hydrogen-bond acceptors (Lipinski definition) is 6. The summed E-state index contributed by atoms with van der Waals surface area (Å²) in [6.07, 6.45) is -0.409. The Kier molecular flexibility index (Phi) is 2.68. The molecule has 102 valence electrons. The average Bonchev–Trinajstić information content (AvgIpc) is 2.90. The molecule has 2 heterocycles. The van der Waals surface area contributed by atoms with E-state index in [0.717, 1.165) is 0 Å². The molecule has 0 radical (unpaired) electrons. The number of esters is 1. The smallest absolute Gasteiger partial charge is 0.311 e. The van der Waals surface area contributed by atoms with E-state index >= 15 is 0 Å². The third-order valence-corrected chi connectivity index (χ3v) is 3.78. The number of carbonyl (C=O) groups is 1. The van der Waals surface area contributed by atoms with Gasteiger partial charge in [0, 0.05) is 6.42 Å². The molecular weight excluding hydrogens is 240 g/mol. The van der Waals surface area contributed by atoms with Gasteiger partial charge in [-0.25, -0.2) is 0 Å². The van der Waals surface area contributed by atoms with Crippen LogP contribution in [0.1, 0.15) is 26.7 Å². The van der Waals surface area contributed by atoms with Gasteiger partial charge in [0.15, 0.2) is 5.79 Å². The van der Waals surface area contributed by atoms with Crippen LogP contribution in [-0.4, -0.2) is 54.0 Å². The quantitative estimate of drug-likeness (QED) is 0.717. The average molecular weight is 258 g/mol. The van der Waals surface area contributed by atoms with Gasteiger partial charge in [-0.05, 0) is 13.8 Å². The Bertz CT molecular complexity index is 372. The molecule has 5 atom stereocenters. The summed E-state index contributed by atoms with van der Waals surface area (Å²) in [6, 6.07) is 0. The third-order valence-electron chi connectivity index (χ3n) is 3.78. The molecule has 1 N–H and O–H groups in total. The van der Waals surface area contributed by atoms with Crippen molar-refractivity contribution in [1.29, 1.82) is 0 Å². The predicted octanol–water partition coefficient (Wildman–Crippen LogP) is -0.0266. The zero-order valence-electron chi connectivity index (χ0n) is 10.5. The van der Waals surface area contributed by atoms with Gasteiger partial charge in [0.25, 0.3) is 0 Å². The molecule has 6 heteroatoms. The zero-order valence-corrected chi connectivity index (χ0v) is 10.5. The van der Waals surface area contributed by atoms with Gasteiger partial charge in [-0.1, -0.05) is 0 Å². The molecule has 0 amide bonds. The van der Waals surface area contributed by atoms with Crippen molar-refractivity contribution in [3.05, 3.63) is 0 Å². The molecule has 1 spiro atoms. The molecule has 3 aliphatic rings. The summed E-state index contributed by atoms with van der Waals surface area (Å²) in [5, 5.41) is 9.86. The number of ether oxygens (including phenoxy) is 4. The highest BCUT2D eigenvalue weighted by Crippen LogP contribution is 2.57. The van der Waals surface area contributed by atoms with E-state index in [4.69, 9.17) is 18.9 Å². The second-order valence-electron chi connectivity index (χ2n) is 5.30. The fourth-order valence-electron chi connectivity index (χ4n) is 2.89. The molecule has 18 heavy (non-hydrogen) atoms. The second-order valence-corrected chi connectivity index (χ2v) is 5.30. The van der Waals surface area contributed by atoms with Gasteiger partial charge in [0.05, 0.1) is 25.7 Å². The SMILES string of the molecule is CCOC(=O)C[C@]1(C)OC2CC23OC[C@H](O)[C@H]3O1. The Balaban J connectivity index is 1.70. The van der Waals surface area contributed by atoms with Crippen molar-refractivity contribution >= 4 is 5.97 Å². The van der Waals surface area contributed by atoms with Crippen LogP contribution in [0, 0.1) is 0 Å². The summed E-state index contributed by atoms with van der Waals surface area (Å²) in [6.45, 7) is 4.05. The van der Waals surface area contributed by atoms with Crippen molar-refractivity contribution in [2.45, 2.75) is 56.4 Å². The summed E-state index contributed by atoms with van der Waals surface area (Å²) in [5.74, 6) is -1.39. The Labute approximate surface area is 105 Å². The number of aliphatic hydroxyl groups excluding tert-OH is 1. The maximum Gasteiger partial charge on any atom is 0.311 e. The molecule has 1 aliphatic carbocycles. The van der Waals surface area contributed by atoms with Gasteiger partial charge in [-0.3, -0.25) is 4.79 Å². The molecule has 2 unspecified atom stereocenters. The Morgan fingerprint density at radius 2 is 2.28 bits per heavy atom. The van der Waals surface area contributed by atoms with Gasteiger partial charge in [-0.15, -0.1) is 0 Å². The van der Waals surface area contributed by atoms with Crippen LogP contribution >= 0.6 is 0 Å². The van der Waals surface area contributed by atoms with Crippen LogP contribution in [0.3, 0.4) is 0 Å². The molecule has 2 saturated heterocycles. The summed E-state index contributed by atoms with van der Waals surface area (Å²) in [7, 11) is 0. The Morgan fingerprint density at radius 1 is 1.50 bits per heavy atom. The molecule has 3 fully saturated rings. The second kappa shape index (κ2) is 3.90. The first-order valence-electron chi connectivity index (χ1n) is 6.32. The molecular formula is C12H18O6. The van der Waals surface area contributed by atoms with E-state index in [-0.39, 0.29) is 25.1 Å². The molecule has 0 aromatic carbocycles. The van der Waals surface area contributed by atoms with Gasteiger partial charge in [0.2, 0.25) is 0 Å². The van der Waals surface area contributed by atoms with Crippen molar-refractivity contribution in [2.24, 2.45) is 0 Å². The zero-order chi connectivity index (χ0) is 13.0. The molecule has 0 aromatic heterocycles. The minimum absolute atomic E-state index is 0.0244. The summed E-state index contributed by atoms with van der Waals surface area (Å²) in [5.41, 5.74) is -0.479. The number of carbonyl (C=O) groups excluding carboxylic acids is 1. The van der Waals surface area contributed by atoms with Crippen LogP contribution in [-0.2, 0) is 23.7 Å². The van der Waals surface area contributed by atoms with Crippen molar-refractivity contribution in [2.75, 3.05) is 13.2 Å². The first-order chi connectivity index (χ1) is 8.49. The van der Waals surface area contributed by atoms with Crippen LogP contribution in [0.4, 0.5) is 0 Å². The normalized spacial score (nSPS) is 49.4. The lowest BCUT2D eigenvalue weighted by Gasteiger charge is -2.39. The topological polar surface area (TPSA) is 74.2 Å². The largest absolute Gasteiger partial charge is 0.466 e. The lowest BCUT2D eigenvalue weighted by molar-refractivity contribution is -0.311. The highest BCUT2D eigenvalue weighted by atomic mass is 16.8. The first-order valence-corrected chi connectivity index (χ1v) is 6.32. The van der Waals surface area contributed by atoms with Gasteiger partial charge in [0.1, 0.15) is 17.8 Å². The molecule has 2 aliphatic heterocycles. The van der Waals surface area contributed by atoms with Crippen LogP contribution in [0.5, 0.6) is 0 Å². The van der Waals surface area contributed by atoms with Crippen molar-refractivity contribution < 1.29 is 28.8 Å². The maximum absolute atomic E-state index is 11.5. The molecule has 0 aromatic rings. The molecule has 6 nitrogen and oxygen atoms in total. The van der Waals surface area contributed by atoms with E-state index in [1.165, 1.54) is 0 Å². The van der Waals surface area contributed by atoms with Crippen LogP contribution < -0.4 is 0 Å². The number of aliphatic hydroxyl groups is 1. The van der Waals surface area contributed by atoms with Crippen LogP contribution in [0.25, 0.3) is 0 Å². The Hall–Kier alpha value is -0.690. The van der Waals surface area contributed by atoms with Crippen LogP contribution in [0.15, 0.2) is 0 Å². The van der Waals surface area contributed by atoms with Crippen molar-refractivity contribution in [1.82, 2.24) is 0 Å². The fourth-order valence-corrected chi connectivity index (χ4v) is 2.89. The van der Waals surface area contributed by atoms with Crippen LogP contribution in [0.2, 0.25) is 0 Å². The molecule has 1 saturated carbocycles. The predicted molar refractivity (Wildman–Crippen MR) is 58.7 cm³/mol. The summed E-state index contributed by atoms with van der Waals surface area (Å²) < 4.78 is 22.0. The third kappa shape index (κ3) is 1.75. The minimum atomic E-state index is -1.03. The maximum atomic E-state index is 11.5. The van der Waals surface area contributed by atoms with E-state index in [1.807, 2.05) is 0 Å². The first kappa shape index (κ1) is 12.3. The minimum Gasteiger partial charge on any atom is -0.466 e. The van der Waals surface area contributed by atoms with E-state index in [0.29, 0.717) is 13.0 Å². The lowest BCUT2D eigenvalue weighted by atomic mass is 10.1. The van der Waals surface area contributed by atoms with E-state index in [9.17, 15) is 9.90 Å². The monoisotopic (exact) mass is 258 g/mol. The summed E-state index contributed by atoms with van der Waals surface area (Å²) in [4.78, 5) is 11.5. The van der Waals surface area contributed by atoms with Gasteiger partial charge in [-0.2, -0.15) is 0 Å². The van der Waals surface area contributed by atoms with E-state index in [1.54, 1.807) is 13.8 Å². The molecule has 3 rings (SSSR count). The highest BCUT2D eigenvalue weighted by molar-refractivity contribution is 5.70. The number of hydrogen-bond donors (Lipinski definition) is 1. The lowest BCUT2D eigenvalue weighted by Crippen LogP contribution is -2.52.